The molecule has 0 aliphatic heterocycles. The Balaban J connectivity index is 2.15. The molecule has 0 aromatic rings. The van der Waals surface area contributed by atoms with Gasteiger partial charge in [-0.2, -0.15) is 0 Å². The molecule has 0 bridgehead atoms. The number of hydrogen-bond acceptors (Lipinski definition) is 2. The van der Waals surface area contributed by atoms with Crippen LogP contribution < -0.4 is 5.32 Å². The van der Waals surface area contributed by atoms with Crippen LogP contribution in [0.3, 0.4) is 0 Å². The van der Waals surface area contributed by atoms with Gasteiger partial charge >= 0.3 is 5.97 Å². The van der Waals surface area contributed by atoms with Crippen molar-refractivity contribution in [2.24, 2.45) is 0 Å². The van der Waals surface area contributed by atoms with Crippen LogP contribution in [0.1, 0.15) is 25.7 Å². The fourth-order valence-corrected chi connectivity index (χ4v) is 1.35. The summed E-state index contributed by atoms with van der Waals surface area (Å²) in [5.41, 5.74) is 0. The molecule has 1 fully saturated rings. The van der Waals surface area contributed by atoms with E-state index >= 15 is 0 Å². The van der Waals surface area contributed by atoms with E-state index in [4.69, 9.17) is 5.11 Å². The maximum atomic E-state index is 10.0. The molecule has 1 aliphatic rings. The Morgan fingerprint density at radius 1 is 1.45 bits per heavy atom. The molecule has 2 N–H and O–H groups in total. The van der Waals surface area contributed by atoms with Gasteiger partial charge in [0.05, 0.1) is 0 Å². The number of aliphatic carboxylic acids is 1. The van der Waals surface area contributed by atoms with E-state index < -0.39 is 5.97 Å². The summed E-state index contributed by atoms with van der Waals surface area (Å²) in [5.74, 6) is -0.893. The van der Waals surface area contributed by atoms with Crippen molar-refractivity contribution in [3.05, 3.63) is 12.3 Å². The molecular weight excluding hydrogens is 142 g/mol. The molecule has 62 valence electrons. The highest BCUT2D eigenvalue weighted by atomic mass is 16.4. The van der Waals surface area contributed by atoms with Gasteiger partial charge in [-0.1, -0.05) is 12.8 Å². The van der Waals surface area contributed by atoms with Crippen LogP contribution in [0, 0.1) is 0 Å². The van der Waals surface area contributed by atoms with Crippen molar-refractivity contribution in [1.29, 1.82) is 0 Å². The number of nitrogens with one attached hydrogen (secondary N) is 1. The minimum atomic E-state index is -0.893. The van der Waals surface area contributed by atoms with Crippen LogP contribution in [-0.4, -0.2) is 17.1 Å². The minimum absolute atomic E-state index is 0.505. The quantitative estimate of drug-likeness (QED) is 0.600. The average Bonchev–Trinajstić information content (AvgIpc) is 2.39. The minimum Gasteiger partial charge on any atom is -0.478 e. The third-order valence-corrected chi connectivity index (χ3v) is 1.91. The lowest BCUT2D eigenvalue weighted by atomic mass is 10.2. The molecular formula is C8H13NO2. The molecule has 0 unspecified atom stereocenters. The van der Waals surface area contributed by atoms with E-state index in [0.29, 0.717) is 6.04 Å². The fourth-order valence-electron chi connectivity index (χ4n) is 1.35. The SMILES string of the molecule is O=C(O)/C=C/NC1CCCC1. The van der Waals surface area contributed by atoms with E-state index in [1.54, 1.807) is 0 Å². The summed E-state index contributed by atoms with van der Waals surface area (Å²) < 4.78 is 0. The molecule has 0 amide bonds. The first kappa shape index (κ1) is 8.11. The summed E-state index contributed by atoms with van der Waals surface area (Å²) in [6, 6.07) is 0.505. The number of carbonyl (C=O) groups is 1. The first-order chi connectivity index (χ1) is 5.29. The molecule has 0 atom stereocenters. The topological polar surface area (TPSA) is 49.3 Å². The third kappa shape index (κ3) is 3.07. The van der Waals surface area contributed by atoms with Crippen molar-refractivity contribution in [2.45, 2.75) is 31.7 Å². The monoisotopic (exact) mass is 155 g/mol. The van der Waals surface area contributed by atoms with Crippen LogP contribution in [0.4, 0.5) is 0 Å². The zero-order valence-electron chi connectivity index (χ0n) is 6.42. The average molecular weight is 155 g/mol. The lowest BCUT2D eigenvalue weighted by Crippen LogP contribution is -2.19. The number of carboxylic acids is 1. The van der Waals surface area contributed by atoms with Crippen LogP contribution in [0.15, 0.2) is 12.3 Å². The number of rotatable bonds is 3. The number of hydrogen-bond donors (Lipinski definition) is 2. The zero-order chi connectivity index (χ0) is 8.10. The third-order valence-electron chi connectivity index (χ3n) is 1.91. The van der Waals surface area contributed by atoms with Gasteiger partial charge in [-0.15, -0.1) is 0 Å². The molecule has 3 heteroatoms. The summed E-state index contributed by atoms with van der Waals surface area (Å²) in [4.78, 5) is 10.0. The van der Waals surface area contributed by atoms with Crippen LogP contribution in [0.25, 0.3) is 0 Å². The Morgan fingerprint density at radius 3 is 2.64 bits per heavy atom. The normalized spacial score (nSPS) is 19.3. The molecule has 0 spiro atoms. The highest BCUT2D eigenvalue weighted by Gasteiger charge is 2.11. The van der Waals surface area contributed by atoms with Gasteiger partial charge in [0.2, 0.25) is 0 Å². The largest absolute Gasteiger partial charge is 0.478 e. The van der Waals surface area contributed by atoms with Gasteiger partial charge in [0, 0.05) is 18.3 Å². The van der Waals surface area contributed by atoms with E-state index in [1.165, 1.54) is 31.9 Å². The van der Waals surface area contributed by atoms with Crippen molar-refractivity contribution in [3.63, 3.8) is 0 Å². The van der Waals surface area contributed by atoms with Crippen molar-refractivity contribution >= 4 is 5.97 Å². The Morgan fingerprint density at radius 2 is 2.09 bits per heavy atom. The van der Waals surface area contributed by atoms with Crippen molar-refractivity contribution in [3.8, 4) is 0 Å². The summed E-state index contributed by atoms with van der Waals surface area (Å²) in [6.07, 6.45) is 7.53. The first-order valence-electron chi connectivity index (χ1n) is 3.94. The number of carboxylic acid groups (broad SMARTS) is 1. The lowest BCUT2D eigenvalue weighted by Gasteiger charge is -2.06. The first-order valence-corrected chi connectivity index (χ1v) is 3.94. The predicted octanol–water partition coefficient (Wildman–Crippen LogP) is 1.12. The van der Waals surface area contributed by atoms with Crippen molar-refractivity contribution in [2.75, 3.05) is 0 Å². The molecule has 3 nitrogen and oxygen atoms in total. The lowest BCUT2D eigenvalue weighted by molar-refractivity contribution is -0.131. The van der Waals surface area contributed by atoms with Crippen LogP contribution in [0.2, 0.25) is 0 Å². The van der Waals surface area contributed by atoms with Gasteiger partial charge in [-0.25, -0.2) is 4.79 Å². The van der Waals surface area contributed by atoms with Gasteiger partial charge in [0.25, 0.3) is 0 Å². The second-order valence-corrected chi connectivity index (χ2v) is 2.82. The van der Waals surface area contributed by atoms with Crippen LogP contribution in [0.5, 0.6) is 0 Å². The van der Waals surface area contributed by atoms with Gasteiger partial charge in [-0.3, -0.25) is 0 Å². The van der Waals surface area contributed by atoms with E-state index in [-0.39, 0.29) is 0 Å². The highest BCUT2D eigenvalue weighted by Crippen LogP contribution is 2.17. The van der Waals surface area contributed by atoms with Crippen LogP contribution >= 0.6 is 0 Å². The molecule has 0 heterocycles. The van der Waals surface area contributed by atoms with Crippen LogP contribution in [-0.2, 0) is 4.79 Å². The highest BCUT2D eigenvalue weighted by molar-refractivity contribution is 5.79. The predicted molar refractivity (Wildman–Crippen MR) is 42.2 cm³/mol. The van der Waals surface area contributed by atoms with E-state index in [0.717, 1.165) is 6.08 Å². The Hall–Kier alpha value is -0.990. The molecule has 0 saturated heterocycles. The maximum Gasteiger partial charge on any atom is 0.329 e. The van der Waals surface area contributed by atoms with Gasteiger partial charge in [0.1, 0.15) is 0 Å². The molecule has 1 aliphatic carbocycles. The summed E-state index contributed by atoms with van der Waals surface area (Å²) in [7, 11) is 0. The van der Waals surface area contributed by atoms with E-state index in [2.05, 4.69) is 5.32 Å². The van der Waals surface area contributed by atoms with Crippen molar-refractivity contribution in [1.82, 2.24) is 5.32 Å². The summed E-state index contributed by atoms with van der Waals surface area (Å²) >= 11 is 0. The molecule has 11 heavy (non-hydrogen) atoms. The maximum absolute atomic E-state index is 10.0. The summed E-state index contributed by atoms with van der Waals surface area (Å²) in [6.45, 7) is 0. The molecule has 0 aromatic carbocycles. The second-order valence-electron chi connectivity index (χ2n) is 2.82. The molecule has 1 rings (SSSR count). The second kappa shape index (κ2) is 4.01. The summed E-state index contributed by atoms with van der Waals surface area (Å²) in [5, 5.41) is 11.3. The van der Waals surface area contributed by atoms with E-state index in [1.807, 2.05) is 0 Å². The molecule has 0 aromatic heterocycles. The smallest absolute Gasteiger partial charge is 0.329 e. The van der Waals surface area contributed by atoms with E-state index in [9.17, 15) is 4.79 Å². The Bertz CT molecular complexity index is 159. The molecule has 1 saturated carbocycles. The standard InChI is InChI=1S/C8H13NO2/c10-8(11)5-6-9-7-3-1-2-4-7/h5-7,9H,1-4H2,(H,10,11)/b6-5+. The van der Waals surface area contributed by atoms with Gasteiger partial charge < -0.3 is 10.4 Å². The van der Waals surface area contributed by atoms with Gasteiger partial charge in [0.15, 0.2) is 0 Å². The molecule has 0 radical (unpaired) electrons. The Labute approximate surface area is 66.1 Å². The van der Waals surface area contributed by atoms with Crippen molar-refractivity contribution < 1.29 is 9.90 Å². The Kier molecular flexibility index (Phi) is 2.95. The zero-order valence-corrected chi connectivity index (χ0v) is 6.42. The van der Waals surface area contributed by atoms with Gasteiger partial charge in [-0.05, 0) is 12.8 Å². The fraction of sp³-hybridized carbons (Fsp3) is 0.625.